The Kier molecular flexibility index (Phi) is 5.90. The van der Waals surface area contributed by atoms with Crippen molar-refractivity contribution >= 4 is 23.2 Å². The van der Waals surface area contributed by atoms with E-state index < -0.39 is 0 Å². The number of hydrogen-bond donors (Lipinski definition) is 1. The number of carbonyl (C=O) groups excluding carboxylic acids is 2. The summed E-state index contributed by atoms with van der Waals surface area (Å²) in [6.45, 7) is 6.50. The zero-order valence-electron chi connectivity index (χ0n) is 16.4. The number of hydrogen-bond acceptors (Lipinski definition) is 2. The van der Waals surface area contributed by atoms with Crippen LogP contribution in [0.25, 0.3) is 0 Å². The summed E-state index contributed by atoms with van der Waals surface area (Å²) >= 11 is 0. The van der Waals surface area contributed by atoms with Gasteiger partial charge in [0.25, 0.3) is 11.8 Å². The Morgan fingerprint density at radius 3 is 2.04 bits per heavy atom. The van der Waals surface area contributed by atoms with Crippen molar-refractivity contribution in [2.45, 2.75) is 20.8 Å². The molecule has 4 nitrogen and oxygen atoms in total. The van der Waals surface area contributed by atoms with Crippen molar-refractivity contribution in [3.05, 3.63) is 95.1 Å². The van der Waals surface area contributed by atoms with E-state index in [1.807, 2.05) is 69.3 Å². The highest BCUT2D eigenvalue weighted by molar-refractivity contribution is 6.08. The smallest absolute Gasteiger partial charge is 0.258 e. The maximum Gasteiger partial charge on any atom is 0.258 e. The molecule has 0 atom stereocenters. The Morgan fingerprint density at radius 1 is 0.821 bits per heavy atom. The molecule has 0 saturated carbocycles. The van der Waals surface area contributed by atoms with Crippen LogP contribution < -0.4 is 10.2 Å². The van der Waals surface area contributed by atoms with Crippen LogP contribution in [0.4, 0.5) is 11.4 Å². The van der Waals surface area contributed by atoms with E-state index in [0.717, 1.165) is 22.5 Å². The van der Waals surface area contributed by atoms with Crippen molar-refractivity contribution in [3.63, 3.8) is 0 Å². The molecular weight excluding hydrogens is 348 g/mol. The van der Waals surface area contributed by atoms with Gasteiger partial charge >= 0.3 is 0 Å². The summed E-state index contributed by atoms with van der Waals surface area (Å²) < 4.78 is 0. The van der Waals surface area contributed by atoms with Crippen molar-refractivity contribution < 1.29 is 9.59 Å². The maximum atomic E-state index is 12.9. The van der Waals surface area contributed by atoms with E-state index >= 15 is 0 Å². The van der Waals surface area contributed by atoms with E-state index in [2.05, 4.69) is 5.32 Å². The lowest BCUT2D eigenvalue weighted by Crippen LogP contribution is -2.30. The van der Waals surface area contributed by atoms with E-state index in [1.165, 1.54) is 0 Å². The molecule has 3 aromatic rings. The van der Waals surface area contributed by atoms with Crippen LogP contribution in [0.1, 0.15) is 38.8 Å². The lowest BCUT2D eigenvalue weighted by Gasteiger charge is -2.21. The van der Waals surface area contributed by atoms with Gasteiger partial charge < -0.3 is 10.2 Å². The summed E-state index contributed by atoms with van der Waals surface area (Å²) in [5.41, 5.74) is 4.86. The predicted octanol–water partition coefficient (Wildman–Crippen LogP) is 5.22. The van der Waals surface area contributed by atoms with Crippen molar-refractivity contribution in [2.75, 3.05) is 16.8 Å². The minimum absolute atomic E-state index is 0.0845. The Balaban J connectivity index is 1.75. The summed E-state index contributed by atoms with van der Waals surface area (Å²) in [7, 11) is 0. The van der Waals surface area contributed by atoms with Crippen LogP contribution in [-0.2, 0) is 0 Å². The topological polar surface area (TPSA) is 49.4 Å². The molecule has 0 saturated heterocycles. The molecule has 0 aromatic heterocycles. The molecule has 4 heteroatoms. The average Bonchev–Trinajstić information content (AvgIpc) is 2.68. The summed E-state index contributed by atoms with van der Waals surface area (Å²) in [5.74, 6) is -0.283. The van der Waals surface area contributed by atoms with E-state index in [1.54, 1.807) is 29.2 Å². The second-order valence-electron chi connectivity index (χ2n) is 6.79. The molecule has 142 valence electrons. The summed E-state index contributed by atoms with van der Waals surface area (Å²) in [4.78, 5) is 27.1. The fraction of sp³-hybridized carbons (Fsp3) is 0.167. The number of carbonyl (C=O) groups is 2. The first-order chi connectivity index (χ1) is 13.5. The second kappa shape index (κ2) is 8.53. The lowest BCUT2D eigenvalue weighted by atomic mass is 10.1. The average molecular weight is 372 g/mol. The SMILES string of the molecule is CCN(C(=O)c1ccc(C(=O)Nc2cccc(C)c2)cc1)c1cccc(C)c1. The first-order valence-electron chi connectivity index (χ1n) is 9.34. The van der Waals surface area contributed by atoms with E-state index in [9.17, 15) is 9.59 Å². The van der Waals surface area contributed by atoms with Crippen molar-refractivity contribution in [1.82, 2.24) is 0 Å². The van der Waals surface area contributed by atoms with Crippen LogP contribution >= 0.6 is 0 Å². The van der Waals surface area contributed by atoms with Gasteiger partial charge in [0.05, 0.1) is 0 Å². The molecule has 3 aromatic carbocycles. The minimum Gasteiger partial charge on any atom is -0.322 e. The molecule has 0 aliphatic carbocycles. The Bertz CT molecular complexity index is 993. The number of aryl methyl sites for hydroxylation is 2. The van der Waals surface area contributed by atoms with Crippen molar-refractivity contribution in [3.8, 4) is 0 Å². The Morgan fingerprint density at radius 2 is 1.43 bits per heavy atom. The zero-order chi connectivity index (χ0) is 20.1. The summed E-state index contributed by atoms with van der Waals surface area (Å²) in [5, 5.41) is 2.88. The molecule has 28 heavy (non-hydrogen) atoms. The largest absolute Gasteiger partial charge is 0.322 e. The van der Waals surface area contributed by atoms with Gasteiger partial charge in [-0.1, -0.05) is 24.3 Å². The highest BCUT2D eigenvalue weighted by Gasteiger charge is 2.17. The highest BCUT2D eigenvalue weighted by atomic mass is 16.2. The van der Waals surface area contributed by atoms with E-state index in [0.29, 0.717) is 17.7 Å². The molecule has 3 rings (SSSR count). The van der Waals surface area contributed by atoms with Gasteiger partial charge in [0.2, 0.25) is 0 Å². The van der Waals surface area contributed by atoms with E-state index in [4.69, 9.17) is 0 Å². The van der Waals surface area contributed by atoms with Gasteiger partial charge in [-0.2, -0.15) is 0 Å². The molecule has 0 radical (unpaired) electrons. The third kappa shape index (κ3) is 4.46. The monoisotopic (exact) mass is 372 g/mol. The number of amides is 2. The van der Waals surface area contributed by atoms with Gasteiger partial charge in [-0.15, -0.1) is 0 Å². The van der Waals surface area contributed by atoms with Crippen molar-refractivity contribution in [2.24, 2.45) is 0 Å². The molecule has 2 amide bonds. The number of rotatable bonds is 5. The minimum atomic E-state index is -0.198. The predicted molar refractivity (Wildman–Crippen MR) is 114 cm³/mol. The van der Waals surface area contributed by atoms with Crippen LogP contribution in [0.2, 0.25) is 0 Å². The first-order valence-corrected chi connectivity index (χ1v) is 9.34. The maximum absolute atomic E-state index is 12.9. The normalized spacial score (nSPS) is 10.4. The van der Waals surface area contributed by atoms with Gasteiger partial charge in [0.1, 0.15) is 0 Å². The molecule has 0 unspecified atom stereocenters. The van der Waals surface area contributed by atoms with Gasteiger partial charge in [-0.05, 0) is 80.4 Å². The van der Waals surface area contributed by atoms with E-state index in [-0.39, 0.29) is 11.8 Å². The van der Waals surface area contributed by atoms with Crippen LogP contribution in [0.15, 0.2) is 72.8 Å². The van der Waals surface area contributed by atoms with Gasteiger partial charge in [0.15, 0.2) is 0 Å². The summed E-state index contributed by atoms with van der Waals surface area (Å²) in [6.07, 6.45) is 0. The second-order valence-corrected chi connectivity index (χ2v) is 6.79. The fourth-order valence-electron chi connectivity index (χ4n) is 3.09. The van der Waals surface area contributed by atoms with Crippen LogP contribution in [0.5, 0.6) is 0 Å². The number of nitrogens with zero attached hydrogens (tertiary/aromatic N) is 1. The standard InChI is InChI=1S/C24H24N2O2/c1-4-26(22-10-6-8-18(3)16-22)24(28)20-13-11-19(12-14-20)23(27)25-21-9-5-7-17(2)15-21/h5-16H,4H2,1-3H3,(H,25,27). The molecule has 0 heterocycles. The quantitative estimate of drug-likeness (QED) is 0.667. The van der Waals surface area contributed by atoms with Crippen molar-refractivity contribution in [1.29, 1.82) is 0 Å². The number of anilines is 2. The summed E-state index contributed by atoms with van der Waals surface area (Å²) in [6, 6.07) is 22.3. The van der Waals surface area contributed by atoms with Gasteiger partial charge in [0, 0.05) is 29.0 Å². The third-order valence-corrected chi connectivity index (χ3v) is 4.54. The molecule has 0 aliphatic heterocycles. The molecule has 0 spiro atoms. The number of benzene rings is 3. The first kappa shape index (κ1) is 19.4. The highest BCUT2D eigenvalue weighted by Crippen LogP contribution is 2.19. The molecule has 0 bridgehead atoms. The zero-order valence-corrected chi connectivity index (χ0v) is 16.4. The lowest BCUT2D eigenvalue weighted by molar-refractivity contribution is 0.0985. The molecule has 0 fully saturated rings. The van der Waals surface area contributed by atoms with Gasteiger partial charge in [-0.25, -0.2) is 0 Å². The van der Waals surface area contributed by atoms with Crippen LogP contribution in [0.3, 0.4) is 0 Å². The molecule has 1 N–H and O–H groups in total. The third-order valence-electron chi connectivity index (χ3n) is 4.54. The fourth-order valence-corrected chi connectivity index (χ4v) is 3.09. The molecule has 0 aliphatic rings. The Hall–Kier alpha value is -3.40. The van der Waals surface area contributed by atoms with Crippen LogP contribution in [0, 0.1) is 13.8 Å². The number of nitrogens with one attached hydrogen (secondary N) is 1. The molecular formula is C24H24N2O2. The Labute approximate surface area is 165 Å². The van der Waals surface area contributed by atoms with Gasteiger partial charge in [-0.3, -0.25) is 9.59 Å². The van der Waals surface area contributed by atoms with Crippen LogP contribution in [-0.4, -0.2) is 18.4 Å².